The summed E-state index contributed by atoms with van der Waals surface area (Å²) in [5.74, 6) is 8.36. The van der Waals surface area contributed by atoms with Crippen molar-refractivity contribution in [3.05, 3.63) is 59.9 Å². The molecule has 0 saturated heterocycles. The van der Waals surface area contributed by atoms with E-state index in [1.165, 1.54) is 16.4 Å². The topological polar surface area (TPSA) is 116 Å². The van der Waals surface area contributed by atoms with E-state index in [-0.39, 0.29) is 11.7 Å². The number of benzene rings is 2. The van der Waals surface area contributed by atoms with Crippen LogP contribution in [0.2, 0.25) is 0 Å². The molecule has 1 amide bonds. The number of methoxy groups -OCH3 is 2. The molecule has 0 unspecified atom stereocenters. The van der Waals surface area contributed by atoms with Gasteiger partial charge in [0.25, 0.3) is 0 Å². The van der Waals surface area contributed by atoms with Crippen LogP contribution in [-0.2, 0) is 17.8 Å². The highest BCUT2D eigenvalue weighted by Crippen LogP contribution is 2.17. The Kier molecular flexibility index (Phi) is 7.99. The second kappa shape index (κ2) is 11.1. The number of carbonyl (C=O) groups excluding carboxylic acids is 1. The van der Waals surface area contributed by atoms with Crippen LogP contribution in [0.15, 0.2) is 53.7 Å². The number of rotatable bonds is 11. The molecule has 0 spiro atoms. The summed E-state index contributed by atoms with van der Waals surface area (Å²) in [7, 11) is 3.26. The number of nitrogens with two attached hydrogens (primary N) is 1. The van der Waals surface area contributed by atoms with Gasteiger partial charge in [-0.1, -0.05) is 23.9 Å². The van der Waals surface area contributed by atoms with Gasteiger partial charge in [0.15, 0.2) is 5.82 Å². The average molecular weight is 443 g/mol. The van der Waals surface area contributed by atoms with Crippen LogP contribution in [0.25, 0.3) is 0 Å². The molecule has 10 heteroatoms. The van der Waals surface area contributed by atoms with Crippen molar-refractivity contribution in [2.45, 2.75) is 18.1 Å². The Morgan fingerprint density at radius 3 is 2.32 bits per heavy atom. The number of hydrogen-bond donors (Lipinski definition) is 3. The minimum Gasteiger partial charge on any atom is -0.497 e. The van der Waals surface area contributed by atoms with Crippen LogP contribution in [0.4, 0.5) is 5.69 Å². The molecule has 1 aromatic heterocycles. The van der Waals surface area contributed by atoms with Gasteiger partial charge in [0.2, 0.25) is 11.1 Å². The molecule has 9 nitrogen and oxygen atoms in total. The Morgan fingerprint density at radius 2 is 1.68 bits per heavy atom. The van der Waals surface area contributed by atoms with Crippen molar-refractivity contribution in [3.8, 4) is 11.5 Å². The Balaban J connectivity index is 1.40. The molecular formula is C21H26N6O3S. The van der Waals surface area contributed by atoms with Gasteiger partial charge in [-0.2, -0.15) is 0 Å². The first-order chi connectivity index (χ1) is 15.1. The van der Waals surface area contributed by atoms with Crippen LogP contribution < -0.4 is 25.9 Å². The van der Waals surface area contributed by atoms with Crippen molar-refractivity contribution in [2.75, 3.05) is 37.7 Å². The summed E-state index contributed by atoms with van der Waals surface area (Å²) in [6, 6.07) is 15.3. The normalized spacial score (nSPS) is 10.5. The summed E-state index contributed by atoms with van der Waals surface area (Å²) < 4.78 is 11.7. The fourth-order valence-corrected chi connectivity index (χ4v) is 3.44. The number of hydrogen-bond acceptors (Lipinski definition) is 8. The number of ether oxygens (including phenoxy) is 2. The minimum absolute atomic E-state index is 0.0839. The van der Waals surface area contributed by atoms with E-state index in [1.54, 1.807) is 14.2 Å². The molecule has 0 saturated carbocycles. The SMILES string of the molecule is COc1ccc(CCNC(=O)CSc2nnc(CNc3ccc(OC)cc3)n2N)cc1. The molecule has 0 aliphatic carbocycles. The number of anilines is 1. The Morgan fingerprint density at radius 1 is 1.03 bits per heavy atom. The molecular weight excluding hydrogens is 416 g/mol. The van der Waals surface area contributed by atoms with Crippen LogP contribution in [0.5, 0.6) is 11.5 Å². The summed E-state index contributed by atoms with van der Waals surface area (Å²) >= 11 is 1.25. The van der Waals surface area contributed by atoms with E-state index in [1.807, 2.05) is 48.5 Å². The zero-order chi connectivity index (χ0) is 22.1. The summed E-state index contributed by atoms with van der Waals surface area (Å²) in [6.07, 6.45) is 0.745. The highest BCUT2D eigenvalue weighted by atomic mass is 32.2. The van der Waals surface area contributed by atoms with Gasteiger partial charge < -0.3 is 25.9 Å². The third kappa shape index (κ3) is 6.54. The summed E-state index contributed by atoms with van der Waals surface area (Å²) in [5.41, 5.74) is 2.04. The lowest BCUT2D eigenvalue weighted by molar-refractivity contribution is -0.118. The largest absolute Gasteiger partial charge is 0.497 e. The maximum Gasteiger partial charge on any atom is 0.230 e. The van der Waals surface area contributed by atoms with Crippen LogP contribution >= 0.6 is 11.8 Å². The number of nitrogen functional groups attached to an aromatic ring is 1. The number of nitrogens with zero attached hydrogens (tertiary/aromatic N) is 3. The molecule has 0 atom stereocenters. The second-order valence-corrected chi connectivity index (χ2v) is 7.53. The van der Waals surface area contributed by atoms with Crippen molar-refractivity contribution >= 4 is 23.4 Å². The van der Waals surface area contributed by atoms with Gasteiger partial charge in [-0.05, 0) is 48.4 Å². The zero-order valence-corrected chi connectivity index (χ0v) is 18.3. The number of thioether (sulfide) groups is 1. The first-order valence-electron chi connectivity index (χ1n) is 9.68. The van der Waals surface area contributed by atoms with Crippen molar-refractivity contribution in [2.24, 2.45) is 0 Å². The molecule has 164 valence electrons. The van der Waals surface area contributed by atoms with Gasteiger partial charge in [0, 0.05) is 12.2 Å². The Hall–Kier alpha value is -3.40. The summed E-state index contributed by atoms with van der Waals surface area (Å²) in [4.78, 5) is 12.1. The van der Waals surface area contributed by atoms with Gasteiger partial charge in [0.1, 0.15) is 11.5 Å². The van der Waals surface area contributed by atoms with Crippen LogP contribution in [0, 0.1) is 0 Å². The van der Waals surface area contributed by atoms with Crippen LogP contribution in [-0.4, -0.2) is 47.3 Å². The fraction of sp³-hybridized carbons (Fsp3) is 0.286. The van der Waals surface area contributed by atoms with E-state index < -0.39 is 0 Å². The standard InChI is InChI=1S/C21H26N6O3S/c1-29-17-7-3-15(4-8-17)11-12-23-20(28)14-31-21-26-25-19(27(21)22)13-24-16-5-9-18(30-2)10-6-16/h3-10,24H,11-14,22H2,1-2H3,(H,23,28). The van der Waals surface area contributed by atoms with Crippen molar-refractivity contribution in [1.82, 2.24) is 20.2 Å². The molecule has 4 N–H and O–H groups in total. The predicted molar refractivity (Wildman–Crippen MR) is 121 cm³/mol. The third-order valence-corrected chi connectivity index (χ3v) is 5.45. The number of nitrogens with one attached hydrogen (secondary N) is 2. The zero-order valence-electron chi connectivity index (χ0n) is 17.5. The van der Waals surface area contributed by atoms with E-state index in [2.05, 4.69) is 20.8 Å². The quantitative estimate of drug-likeness (QED) is 0.305. The highest BCUT2D eigenvalue weighted by molar-refractivity contribution is 7.99. The van der Waals surface area contributed by atoms with Crippen molar-refractivity contribution in [3.63, 3.8) is 0 Å². The first-order valence-corrected chi connectivity index (χ1v) is 10.7. The molecule has 0 aliphatic rings. The van der Waals surface area contributed by atoms with E-state index in [0.29, 0.717) is 24.1 Å². The molecule has 0 aliphatic heterocycles. The molecule has 3 rings (SSSR count). The molecule has 0 fully saturated rings. The summed E-state index contributed by atoms with van der Waals surface area (Å²) in [6.45, 7) is 0.961. The predicted octanol–water partition coefficient (Wildman–Crippen LogP) is 2.07. The second-order valence-electron chi connectivity index (χ2n) is 6.59. The molecule has 2 aromatic carbocycles. The Bertz CT molecular complexity index is 976. The minimum atomic E-state index is -0.0839. The van der Waals surface area contributed by atoms with Gasteiger partial charge >= 0.3 is 0 Å². The van der Waals surface area contributed by atoms with E-state index in [4.69, 9.17) is 15.3 Å². The number of aromatic nitrogens is 3. The van der Waals surface area contributed by atoms with Gasteiger partial charge in [-0.25, -0.2) is 4.68 Å². The highest BCUT2D eigenvalue weighted by Gasteiger charge is 2.12. The van der Waals surface area contributed by atoms with Gasteiger partial charge in [-0.15, -0.1) is 10.2 Å². The van der Waals surface area contributed by atoms with Crippen molar-refractivity contribution in [1.29, 1.82) is 0 Å². The lowest BCUT2D eigenvalue weighted by Gasteiger charge is -2.08. The maximum atomic E-state index is 12.1. The number of amides is 1. The third-order valence-electron chi connectivity index (χ3n) is 4.50. The van der Waals surface area contributed by atoms with Gasteiger partial charge in [0.05, 0.1) is 26.5 Å². The first kappa shape index (κ1) is 22.3. The fourth-order valence-electron chi connectivity index (χ4n) is 2.74. The molecule has 1 heterocycles. The number of carbonyl (C=O) groups is 1. The summed E-state index contributed by atoms with van der Waals surface area (Å²) in [5, 5.41) is 14.8. The van der Waals surface area contributed by atoms with Crippen LogP contribution in [0.3, 0.4) is 0 Å². The van der Waals surface area contributed by atoms with Crippen LogP contribution in [0.1, 0.15) is 11.4 Å². The monoisotopic (exact) mass is 442 g/mol. The van der Waals surface area contributed by atoms with E-state index in [0.717, 1.165) is 29.2 Å². The van der Waals surface area contributed by atoms with E-state index in [9.17, 15) is 4.79 Å². The lowest BCUT2D eigenvalue weighted by Crippen LogP contribution is -2.27. The van der Waals surface area contributed by atoms with Gasteiger partial charge in [-0.3, -0.25) is 4.79 Å². The van der Waals surface area contributed by atoms with Crippen molar-refractivity contribution < 1.29 is 14.3 Å². The molecule has 3 aromatic rings. The maximum absolute atomic E-state index is 12.1. The average Bonchev–Trinajstić information content (AvgIpc) is 3.16. The molecule has 0 radical (unpaired) electrons. The Labute approximate surface area is 185 Å². The molecule has 0 bridgehead atoms. The lowest BCUT2D eigenvalue weighted by atomic mass is 10.1. The smallest absolute Gasteiger partial charge is 0.230 e. The van der Waals surface area contributed by atoms with E-state index >= 15 is 0 Å². The molecule has 31 heavy (non-hydrogen) atoms.